The molecule has 17 heavy (non-hydrogen) atoms. The molecular weight excluding hydrogens is 212 g/mol. The van der Waals surface area contributed by atoms with Crippen molar-refractivity contribution >= 4 is 5.82 Å². The van der Waals surface area contributed by atoms with Crippen molar-refractivity contribution in [3.05, 3.63) is 17.8 Å². The van der Waals surface area contributed by atoms with Gasteiger partial charge in [-0.25, -0.2) is 0 Å². The van der Waals surface area contributed by atoms with Gasteiger partial charge in [-0.3, -0.25) is 0 Å². The average Bonchev–Trinajstić information content (AvgIpc) is 2.28. The second-order valence-electron chi connectivity index (χ2n) is 5.83. The molecule has 1 aliphatic rings. The summed E-state index contributed by atoms with van der Waals surface area (Å²) < 4.78 is 0. The summed E-state index contributed by atoms with van der Waals surface area (Å²) in [4.78, 5) is 2.29. The Balaban J connectivity index is 2.12. The van der Waals surface area contributed by atoms with Crippen molar-refractivity contribution in [2.24, 2.45) is 0 Å². The van der Waals surface area contributed by atoms with Crippen LogP contribution in [0.4, 0.5) is 5.82 Å². The van der Waals surface area contributed by atoms with E-state index in [1.54, 1.807) is 0 Å². The molecule has 0 bridgehead atoms. The molecule has 94 valence electrons. The van der Waals surface area contributed by atoms with Crippen LogP contribution in [0.5, 0.6) is 0 Å². The van der Waals surface area contributed by atoms with Crippen molar-refractivity contribution < 1.29 is 0 Å². The number of rotatable bonds is 1. The second kappa shape index (κ2) is 4.61. The number of hydrogen-bond donors (Lipinski definition) is 1. The minimum atomic E-state index is 0.0717. The number of aromatic nitrogens is 2. The predicted molar refractivity (Wildman–Crippen MR) is 70.4 cm³/mol. The Hall–Kier alpha value is -1.16. The van der Waals surface area contributed by atoms with E-state index in [0.717, 1.165) is 31.1 Å². The number of nitrogens with one attached hydrogen (secondary N) is 1. The van der Waals surface area contributed by atoms with Gasteiger partial charge in [0.15, 0.2) is 5.82 Å². The Bertz CT molecular complexity index is 366. The van der Waals surface area contributed by atoms with E-state index in [1.165, 1.54) is 0 Å². The highest BCUT2D eigenvalue weighted by atomic mass is 15.3. The molecule has 1 saturated heterocycles. The summed E-state index contributed by atoms with van der Waals surface area (Å²) in [5.74, 6) is 0.992. The maximum Gasteiger partial charge on any atom is 0.151 e. The van der Waals surface area contributed by atoms with E-state index < -0.39 is 0 Å². The number of piperazine rings is 1. The fourth-order valence-corrected chi connectivity index (χ4v) is 2.03. The largest absolute Gasteiger partial charge is 0.352 e. The fraction of sp³-hybridized carbons (Fsp3) is 0.692. The third kappa shape index (κ3) is 2.94. The molecule has 1 unspecified atom stereocenters. The lowest BCUT2D eigenvalue weighted by atomic mass is 9.92. The van der Waals surface area contributed by atoms with Gasteiger partial charge in [-0.2, -0.15) is 5.10 Å². The summed E-state index contributed by atoms with van der Waals surface area (Å²) in [6, 6.07) is 4.70. The van der Waals surface area contributed by atoms with E-state index in [9.17, 15) is 0 Å². The summed E-state index contributed by atoms with van der Waals surface area (Å²) >= 11 is 0. The van der Waals surface area contributed by atoms with Crippen molar-refractivity contribution in [3.8, 4) is 0 Å². The summed E-state index contributed by atoms with van der Waals surface area (Å²) in [7, 11) is 0. The second-order valence-corrected chi connectivity index (χ2v) is 5.83. The molecular formula is C13H22N4. The van der Waals surface area contributed by atoms with Gasteiger partial charge in [0.05, 0.1) is 5.69 Å². The maximum absolute atomic E-state index is 4.35. The van der Waals surface area contributed by atoms with Gasteiger partial charge in [0.1, 0.15) is 0 Å². The van der Waals surface area contributed by atoms with Gasteiger partial charge in [0.25, 0.3) is 0 Å². The molecule has 0 amide bonds. The van der Waals surface area contributed by atoms with Crippen LogP contribution in [-0.2, 0) is 5.41 Å². The molecule has 1 N–H and O–H groups in total. The standard InChI is InChI=1S/C13H22N4/c1-10-9-17(8-7-14-10)12-6-5-11(15-16-12)13(2,3)4/h5-6,10,14H,7-9H2,1-4H3. The zero-order chi connectivity index (χ0) is 12.5. The van der Waals surface area contributed by atoms with Crippen LogP contribution in [0.15, 0.2) is 12.1 Å². The first-order chi connectivity index (χ1) is 7.97. The van der Waals surface area contributed by atoms with Gasteiger partial charge >= 0.3 is 0 Å². The monoisotopic (exact) mass is 234 g/mol. The topological polar surface area (TPSA) is 41.1 Å². The predicted octanol–water partition coefficient (Wildman–Crippen LogP) is 1.57. The molecule has 1 aromatic rings. The van der Waals surface area contributed by atoms with Crippen molar-refractivity contribution in [2.75, 3.05) is 24.5 Å². The van der Waals surface area contributed by atoms with Gasteiger partial charge in [0.2, 0.25) is 0 Å². The zero-order valence-corrected chi connectivity index (χ0v) is 11.2. The Morgan fingerprint density at radius 1 is 1.29 bits per heavy atom. The molecule has 1 atom stereocenters. The minimum Gasteiger partial charge on any atom is -0.352 e. The molecule has 1 aliphatic heterocycles. The van der Waals surface area contributed by atoms with Crippen LogP contribution in [0.1, 0.15) is 33.4 Å². The molecule has 0 spiro atoms. The molecule has 0 aliphatic carbocycles. The van der Waals surface area contributed by atoms with Gasteiger partial charge in [-0.15, -0.1) is 5.10 Å². The third-order valence-electron chi connectivity index (χ3n) is 3.11. The van der Waals surface area contributed by atoms with Crippen LogP contribution < -0.4 is 10.2 Å². The quantitative estimate of drug-likeness (QED) is 0.801. The van der Waals surface area contributed by atoms with Gasteiger partial charge in [-0.05, 0) is 19.1 Å². The Kier molecular flexibility index (Phi) is 3.33. The van der Waals surface area contributed by atoms with E-state index >= 15 is 0 Å². The average molecular weight is 234 g/mol. The fourth-order valence-electron chi connectivity index (χ4n) is 2.03. The highest BCUT2D eigenvalue weighted by Gasteiger charge is 2.19. The minimum absolute atomic E-state index is 0.0717. The lowest BCUT2D eigenvalue weighted by Gasteiger charge is -2.32. The SMILES string of the molecule is CC1CN(c2ccc(C(C)(C)C)nn2)CCN1. The molecule has 0 radical (unpaired) electrons. The number of nitrogens with zero attached hydrogens (tertiary/aromatic N) is 3. The number of anilines is 1. The molecule has 4 nitrogen and oxygen atoms in total. The summed E-state index contributed by atoms with van der Waals surface area (Å²) in [6.07, 6.45) is 0. The first-order valence-corrected chi connectivity index (χ1v) is 6.29. The van der Waals surface area contributed by atoms with Crippen LogP contribution in [0, 0.1) is 0 Å². The van der Waals surface area contributed by atoms with Crippen LogP contribution >= 0.6 is 0 Å². The van der Waals surface area contributed by atoms with E-state index in [-0.39, 0.29) is 5.41 Å². The van der Waals surface area contributed by atoms with Crippen molar-refractivity contribution in [1.29, 1.82) is 0 Å². The van der Waals surface area contributed by atoms with Crippen LogP contribution in [0.3, 0.4) is 0 Å². The summed E-state index contributed by atoms with van der Waals surface area (Å²) in [6.45, 7) is 11.7. The third-order valence-corrected chi connectivity index (χ3v) is 3.11. The van der Waals surface area contributed by atoms with Crippen LogP contribution in [0.2, 0.25) is 0 Å². The Morgan fingerprint density at radius 3 is 2.59 bits per heavy atom. The van der Waals surface area contributed by atoms with Crippen molar-refractivity contribution in [2.45, 2.75) is 39.2 Å². The Morgan fingerprint density at radius 2 is 2.06 bits per heavy atom. The van der Waals surface area contributed by atoms with E-state index in [2.05, 4.69) is 60.2 Å². The molecule has 0 saturated carbocycles. The molecule has 4 heteroatoms. The first kappa shape index (κ1) is 12.3. The van der Waals surface area contributed by atoms with Crippen molar-refractivity contribution in [1.82, 2.24) is 15.5 Å². The van der Waals surface area contributed by atoms with Gasteiger partial charge in [-0.1, -0.05) is 20.8 Å². The highest BCUT2D eigenvalue weighted by molar-refractivity contribution is 5.39. The Labute approximate surface area is 103 Å². The molecule has 0 aromatic carbocycles. The number of hydrogen-bond acceptors (Lipinski definition) is 4. The van der Waals surface area contributed by atoms with E-state index in [0.29, 0.717) is 6.04 Å². The van der Waals surface area contributed by atoms with E-state index in [1.807, 2.05) is 0 Å². The van der Waals surface area contributed by atoms with Crippen molar-refractivity contribution in [3.63, 3.8) is 0 Å². The van der Waals surface area contributed by atoms with Gasteiger partial charge in [0, 0.05) is 31.1 Å². The van der Waals surface area contributed by atoms with E-state index in [4.69, 9.17) is 0 Å². The summed E-state index contributed by atoms with van der Waals surface area (Å²) in [5, 5.41) is 12.1. The maximum atomic E-state index is 4.35. The molecule has 2 heterocycles. The van der Waals surface area contributed by atoms with Gasteiger partial charge < -0.3 is 10.2 Å². The van der Waals surface area contributed by atoms with Crippen LogP contribution in [-0.4, -0.2) is 35.9 Å². The highest BCUT2D eigenvalue weighted by Crippen LogP contribution is 2.21. The lowest BCUT2D eigenvalue weighted by molar-refractivity contribution is 0.480. The first-order valence-electron chi connectivity index (χ1n) is 6.29. The molecule has 2 rings (SSSR count). The summed E-state index contributed by atoms with van der Waals surface area (Å²) in [5.41, 5.74) is 1.12. The molecule has 1 aromatic heterocycles. The van der Waals surface area contributed by atoms with Crippen LogP contribution in [0.25, 0.3) is 0 Å². The zero-order valence-electron chi connectivity index (χ0n) is 11.2. The smallest absolute Gasteiger partial charge is 0.151 e. The lowest BCUT2D eigenvalue weighted by Crippen LogP contribution is -2.49. The molecule has 1 fully saturated rings. The normalized spacial score (nSPS) is 21.6.